The molecule has 4 aliphatic carbocycles. The average molecular weight is 443 g/mol. The van der Waals surface area contributed by atoms with Gasteiger partial charge in [-0.15, -0.1) is 0 Å². The Hall–Kier alpha value is -1.29. The van der Waals surface area contributed by atoms with E-state index in [1.54, 1.807) is 5.57 Å². The summed E-state index contributed by atoms with van der Waals surface area (Å²) in [4.78, 5) is 11.5. The zero-order valence-corrected chi connectivity index (χ0v) is 20.5. The SMILES string of the molecule is CC(=O)O[C@H]1CC[C@@]2(C)C(=CC[C@H]3[C@@H]4CC[C@H]([C@@](C)(O)C5=CCCCO5)[C@@]4(C)CC[C@@H]32)C1. The van der Waals surface area contributed by atoms with Crippen LogP contribution in [0.5, 0.6) is 0 Å². The third-order valence-electron chi connectivity index (χ3n) is 10.5. The monoisotopic (exact) mass is 442 g/mol. The van der Waals surface area contributed by atoms with Crippen LogP contribution in [0, 0.1) is 34.5 Å². The van der Waals surface area contributed by atoms with Crippen molar-refractivity contribution in [1.29, 1.82) is 0 Å². The summed E-state index contributed by atoms with van der Waals surface area (Å²) in [5, 5.41) is 11.7. The molecule has 0 amide bonds. The molecule has 1 heterocycles. The Balaban J connectivity index is 1.38. The van der Waals surface area contributed by atoms with Gasteiger partial charge in [0, 0.05) is 19.3 Å². The van der Waals surface area contributed by atoms with Gasteiger partial charge in [-0.3, -0.25) is 4.79 Å². The van der Waals surface area contributed by atoms with Crippen molar-refractivity contribution in [2.24, 2.45) is 34.5 Å². The first kappa shape index (κ1) is 22.5. The average Bonchev–Trinajstić information content (AvgIpc) is 3.12. The molecule has 3 saturated carbocycles. The van der Waals surface area contributed by atoms with Crippen LogP contribution in [-0.4, -0.2) is 29.4 Å². The number of rotatable bonds is 3. The van der Waals surface area contributed by atoms with Gasteiger partial charge in [-0.05, 0) is 99.4 Å². The van der Waals surface area contributed by atoms with Crippen molar-refractivity contribution in [3.63, 3.8) is 0 Å². The molecule has 5 aliphatic rings. The van der Waals surface area contributed by atoms with Gasteiger partial charge in [0.15, 0.2) is 0 Å². The van der Waals surface area contributed by atoms with Crippen LogP contribution in [0.25, 0.3) is 0 Å². The molecule has 1 N–H and O–H groups in total. The Morgan fingerprint density at radius 1 is 1.16 bits per heavy atom. The summed E-state index contributed by atoms with van der Waals surface area (Å²) < 4.78 is 11.6. The molecule has 5 rings (SSSR count). The van der Waals surface area contributed by atoms with Crippen molar-refractivity contribution in [2.75, 3.05) is 6.61 Å². The molecule has 1 aliphatic heterocycles. The van der Waals surface area contributed by atoms with Gasteiger partial charge < -0.3 is 14.6 Å². The highest BCUT2D eigenvalue weighted by Gasteiger charge is 2.62. The number of esters is 1. The molecule has 8 atom stereocenters. The summed E-state index contributed by atoms with van der Waals surface area (Å²) in [6.45, 7) is 9.25. The smallest absolute Gasteiger partial charge is 0.302 e. The fraction of sp³-hybridized carbons (Fsp3) is 0.821. The van der Waals surface area contributed by atoms with Crippen LogP contribution in [0.3, 0.4) is 0 Å². The van der Waals surface area contributed by atoms with E-state index in [0.29, 0.717) is 17.8 Å². The number of carbonyl (C=O) groups excluding carboxylic acids is 1. The second kappa shape index (κ2) is 7.89. The molecule has 0 spiro atoms. The van der Waals surface area contributed by atoms with Gasteiger partial charge in [0.05, 0.1) is 6.61 Å². The van der Waals surface area contributed by atoms with Crippen LogP contribution >= 0.6 is 0 Å². The van der Waals surface area contributed by atoms with E-state index in [4.69, 9.17) is 9.47 Å². The largest absolute Gasteiger partial charge is 0.495 e. The lowest BCUT2D eigenvalue weighted by Gasteiger charge is -2.59. The van der Waals surface area contributed by atoms with E-state index >= 15 is 0 Å². The van der Waals surface area contributed by atoms with Gasteiger partial charge in [-0.2, -0.15) is 0 Å². The highest BCUT2D eigenvalue weighted by atomic mass is 16.5. The quantitative estimate of drug-likeness (QED) is 0.434. The molecule has 0 saturated heterocycles. The van der Waals surface area contributed by atoms with E-state index in [-0.39, 0.29) is 28.8 Å². The Morgan fingerprint density at radius 2 is 1.97 bits per heavy atom. The summed E-state index contributed by atoms with van der Waals surface area (Å²) in [7, 11) is 0. The van der Waals surface area contributed by atoms with E-state index in [9.17, 15) is 9.90 Å². The molecule has 0 aromatic rings. The number of fused-ring (bicyclic) bond motifs is 5. The second-order valence-corrected chi connectivity index (χ2v) is 12.1. The molecule has 4 nitrogen and oxygen atoms in total. The van der Waals surface area contributed by atoms with Gasteiger partial charge in [0.2, 0.25) is 0 Å². The van der Waals surface area contributed by atoms with Crippen LogP contribution in [0.4, 0.5) is 0 Å². The third kappa shape index (κ3) is 3.38. The Kier molecular flexibility index (Phi) is 5.55. The van der Waals surface area contributed by atoms with Crippen LogP contribution in [-0.2, 0) is 14.3 Å². The molecule has 0 bridgehead atoms. The van der Waals surface area contributed by atoms with Gasteiger partial charge in [-0.1, -0.05) is 25.5 Å². The zero-order valence-electron chi connectivity index (χ0n) is 20.5. The van der Waals surface area contributed by atoms with Gasteiger partial charge in [0.1, 0.15) is 17.5 Å². The molecule has 0 unspecified atom stereocenters. The standard InChI is InChI=1S/C28H42O4/c1-18(29)32-20-12-14-26(2)19(17-20)8-9-21-22-10-11-24(27(22,3)15-13-23(21)26)28(4,30)25-7-5-6-16-31-25/h7-8,20-24,30H,5-6,9-17H2,1-4H3/t20-,21-,22-,23-,24-,26-,27-,28+/m0/s1. The molecule has 4 heteroatoms. The summed E-state index contributed by atoms with van der Waals surface area (Å²) >= 11 is 0. The molecular weight excluding hydrogens is 400 g/mol. The minimum atomic E-state index is -0.863. The first-order valence-corrected chi connectivity index (χ1v) is 13.1. The number of hydrogen-bond donors (Lipinski definition) is 1. The minimum Gasteiger partial charge on any atom is -0.495 e. The molecule has 178 valence electrons. The molecule has 0 aromatic carbocycles. The van der Waals surface area contributed by atoms with Crippen LogP contribution in [0.2, 0.25) is 0 Å². The fourth-order valence-corrected chi connectivity index (χ4v) is 8.97. The molecule has 0 aromatic heterocycles. The minimum absolute atomic E-state index is 0.0620. The molecular formula is C28H42O4. The maximum absolute atomic E-state index is 11.7. The van der Waals surface area contributed by atoms with E-state index < -0.39 is 5.60 Å². The predicted molar refractivity (Wildman–Crippen MR) is 125 cm³/mol. The van der Waals surface area contributed by atoms with Crippen molar-refractivity contribution >= 4 is 5.97 Å². The maximum atomic E-state index is 11.7. The third-order valence-corrected chi connectivity index (χ3v) is 10.5. The summed E-state index contributed by atoms with van der Waals surface area (Å²) in [5.41, 5.74) is 1.10. The first-order chi connectivity index (χ1) is 15.2. The zero-order chi connectivity index (χ0) is 22.7. The summed E-state index contributed by atoms with van der Waals surface area (Å²) in [5.74, 6) is 3.04. The van der Waals surface area contributed by atoms with Gasteiger partial charge >= 0.3 is 5.97 Å². The number of aliphatic hydroxyl groups is 1. The van der Waals surface area contributed by atoms with Crippen molar-refractivity contribution in [3.05, 3.63) is 23.5 Å². The maximum Gasteiger partial charge on any atom is 0.302 e. The Morgan fingerprint density at radius 3 is 2.69 bits per heavy atom. The number of ether oxygens (including phenoxy) is 2. The predicted octanol–water partition coefficient (Wildman–Crippen LogP) is 5.94. The second-order valence-electron chi connectivity index (χ2n) is 12.1. The van der Waals surface area contributed by atoms with Crippen LogP contribution in [0.1, 0.15) is 91.9 Å². The Labute approximate surface area is 193 Å². The highest BCUT2D eigenvalue weighted by molar-refractivity contribution is 5.66. The molecule has 3 fully saturated rings. The first-order valence-electron chi connectivity index (χ1n) is 13.1. The lowest BCUT2D eigenvalue weighted by molar-refractivity contribution is -0.149. The fourth-order valence-electron chi connectivity index (χ4n) is 8.97. The number of carbonyl (C=O) groups is 1. The van der Waals surface area contributed by atoms with Crippen molar-refractivity contribution in [3.8, 4) is 0 Å². The topological polar surface area (TPSA) is 55.8 Å². The van der Waals surface area contributed by atoms with Gasteiger partial charge in [-0.25, -0.2) is 0 Å². The van der Waals surface area contributed by atoms with Crippen molar-refractivity contribution in [2.45, 2.75) is 104 Å². The van der Waals surface area contributed by atoms with E-state index in [2.05, 4.69) is 26.0 Å². The lowest BCUT2D eigenvalue weighted by atomic mass is 9.46. The Bertz CT molecular complexity index is 825. The van der Waals surface area contributed by atoms with Crippen LogP contribution in [0.15, 0.2) is 23.5 Å². The molecule has 32 heavy (non-hydrogen) atoms. The summed E-state index contributed by atoms with van der Waals surface area (Å²) in [6, 6.07) is 0. The van der Waals surface area contributed by atoms with Gasteiger partial charge in [0.25, 0.3) is 0 Å². The lowest BCUT2D eigenvalue weighted by Crippen LogP contribution is -2.53. The van der Waals surface area contributed by atoms with Crippen LogP contribution < -0.4 is 0 Å². The normalized spacial score (nSPS) is 45.2. The highest BCUT2D eigenvalue weighted by Crippen LogP contribution is 2.68. The molecule has 0 radical (unpaired) electrons. The number of allylic oxidation sites excluding steroid dienone is 2. The van der Waals surface area contributed by atoms with Crippen molar-refractivity contribution in [1.82, 2.24) is 0 Å². The van der Waals surface area contributed by atoms with E-state index in [0.717, 1.165) is 57.3 Å². The van der Waals surface area contributed by atoms with Crippen molar-refractivity contribution < 1.29 is 19.4 Å². The van der Waals surface area contributed by atoms with E-state index in [1.165, 1.54) is 26.2 Å². The number of hydrogen-bond acceptors (Lipinski definition) is 4. The van der Waals surface area contributed by atoms with E-state index in [1.807, 2.05) is 6.92 Å². The summed E-state index contributed by atoms with van der Waals surface area (Å²) in [6.07, 6.45) is 15.7.